The van der Waals surface area contributed by atoms with Gasteiger partial charge in [-0.25, -0.2) is 4.98 Å². The van der Waals surface area contributed by atoms with Crippen molar-refractivity contribution >= 4 is 17.5 Å². The Bertz CT molecular complexity index is 539. The van der Waals surface area contributed by atoms with Crippen LogP contribution in [0.4, 0.5) is 17.5 Å². The molecule has 2 rings (SSSR count). The van der Waals surface area contributed by atoms with E-state index in [9.17, 15) is 0 Å². The van der Waals surface area contributed by atoms with Gasteiger partial charge in [0.15, 0.2) is 0 Å². The number of benzene rings is 1. The first-order chi connectivity index (χ1) is 9.69. The molecule has 0 saturated heterocycles. The molecular weight excluding hydrogens is 248 g/mol. The zero-order chi connectivity index (χ0) is 14.4. The highest BCUT2D eigenvalue weighted by Crippen LogP contribution is 2.17. The molecule has 0 amide bonds. The van der Waals surface area contributed by atoms with Crippen LogP contribution in [0.3, 0.4) is 0 Å². The number of para-hydroxylation sites is 1. The minimum Gasteiger partial charge on any atom is -0.344 e. The summed E-state index contributed by atoms with van der Waals surface area (Å²) in [5.74, 6) is 1.61. The van der Waals surface area contributed by atoms with Crippen LogP contribution in [-0.2, 0) is 0 Å². The van der Waals surface area contributed by atoms with Crippen LogP contribution in [-0.4, -0.2) is 23.6 Å². The fourth-order valence-corrected chi connectivity index (χ4v) is 1.95. The Morgan fingerprint density at radius 1 is 1.15 bits per heavy atom. The van der Waals surface area contributed by atoms with Gasteiger partial charge in [-0.1, -0.05) is 31.5 Å². The third-order valence-corrected chi connectivity index (χ3v) is 3.08. The van der Waals surface area contributed by atoms with E-state index in [0.29, 0.717) is 0 Å². The molecule has 0 spiro atoms. The zero-order valence-corrected chi connectivity index (χ0v) is 12.4. The number of hydrogen-bond donors (Lipinski definition) is 1. The second-order valence-electron chi connectivity index (χ2n) is 4.96. The van der Waals surface area contributed by atoms with Crippen molar-refractivity contribution < 1.29 is 0 Å². The quantitative estimate of drug-likeness (QED) is 0.867. The second-order valence-corrected chi connectivity index (χ2v) is 4.96. The van der Waals surface area contributed by atoms with Crippen LogP contribution in [0.15, 0.2) is 36.4 Å². The lowest BCUT2D eigenvalue weighted by atomic mass is 10.3. The van der Waals surface area contributed by atoms with Gasteiger partial charge in [0.1, 0.15) is 5.82 Å². The van der Waals surface area contributed by atoms with Gasteiger partial charge in [0.2, 0.25) is 5.95 Å². The molecule has 0 saturated carbocycles. The van der Waals surface area contributed by atoms with Gasteiger partial charge in [-0.3, -0.25) is 0 Å². The van der Waals surface area contributed by atoms with Crippen LogP contribution in [0.2, 0.25) is 0 Å². The lowest BCUT2D eigenvalue weighted by Crippen LogP contribution is -2.21. The van der Waals surface area contributed by atoms with E-state index in [-0.39, 0.29) is 0 Å². The van der Waals surface area contributed by atoms with E-state index in [1.165, 1.54) is 6.42 Å². The summed E-state index contributed by atoms with van der Waals surface area (Å²) in [4.78, 5) is 11.2. The highest BCUT2D eigenvalue weighted by molar-refractivity contribution is 5.57. The molecule has 1 aromatic heterocycles. The molecule has 0 fully saturated rings. The van der Waals surface area contributed by atoms with Crippen molar-refractivity contribution in [3.63, 3.8) is 0 Å². The van der Waals surface area contributed by atoms with Crippen LogP contribution >= 0.6 is 0 Å². The van der Waals surface area contributed by atoms with Gasteiger partial charge in [0.05, 0.1) is 0 Å². The van der Waals surface area contributed by atoms with E-state index in [0.717, 1.165) is 36.1 Å². The summed E-state index contributed by atoms with van der Waals surface area (Å²) >= 11 is 0. The van der Waals surface area contributed by atoms with E-state index in [1.54, 1.807) is 0 Å². The summed E-state index contributed by atoms with van der Waals surface area (Å²) in [6, 6.07) is 12.0. The minimum atomic E-state index is 0.775. The molecular formula is C16H22N4. The first kappa shape index (κ1) is 14.3. The van der Waals surface area contributed by atoms with Gasteiger partial charge < -0.3 is 10.2 Å². The monoisotopic (exact) mass is 270 g/mol. The number of rotatable bonds is 6. The van der Waals surface area contributed by atoms with Crippen LogP contribution in [0.1, 0.15) is 25.5 Å². The first-order valence-electron chi connectivity index (χ1n) is 7.08. The molecule has 4 heteroatoms. The van der Waals surface area contributed by atoms with Crippen LogP contribution in [0, 0.1) is 6.92 Å². The topological polar surface area (TPSA) is 41.1 Å². The van der Waals surface area contributed by atoms with Crippen molar-refractivity contribution in [2.24, 2.45) is 0 Å². The standard InChI is InChI=1S/C16H22N4/c1-4-5-11-20(3)16-17-13(2)12-15(19-16)18-14-9-7-6-8-10-14/h6-10,12H,4-5,11H2,1-3H3,(H,17,18,19). The average Bonchev–Trinajstić information content (AvgIpc) is 2.45. The van der Waals surface area contributed by atoms with Gasteiger partial charge in [-0.2, -0.15) is 4.98 Å². The molecule has 0 bridgehead atoms. The predicted molar refractivity (Wildman–Crippen MR) is 84.7 cm³/mol. The Kier molecular flexibility index (Phi) is 4.93. The number of unbranched alkanes of at least 4 members (excludes halogenated alkanes) is 1. The molecule has 1 aromatic carbocycles. The predicted octanol–water partition coefficient (Wildman–Crippen LogP) is 3.76. The van der Waals surface area contributed by atoms with Crippen LogP contribution < -0.4 is 10.2 Å². The summed E-state index contributed by atoms with van der Waals surface area (Å²) < 4.78 is 0. The third kappa shape index (κ3) is 3.95. The molecule has 1 N–H and O–H groups in total. The maximum absolute atomic E-state index is 4.59. The highest BCUT2D eigenvalue weighted by atomic mass is 15.2. The fourth-order valence-electron chi connectivity index (χ4n) is 1.95. The van der Waals surface area contributed by atoms with Crippen molar-refractivity contribution in [2.45, 2.75) is 26.7 Å². The summed E-state index contributed by atoms with van der Waals surface area (Å²) in [6.07, 6.45) is 2.32. The molecule has 1 heterocycles. The first-order valence-corrected chi connectivity index (χ1v) is 7.08. The number of hydrogen-bond acceptors (Lipinski definition) is 4. The minimum absolute atomic E-state index is 0.775. The molecule has 0 aliphatic heterocycles. The summed E-state index contributed by atoms with van der Waals surface area (Å²) in [5, 5.41) is 3.32. The molecule has 20 heavy (non-hydrogen) atoms. The number of anilines is 3. The lowest BCUT2D eigenvalue weighted by Gasteiger charge is -2.18. The van der Waals surface area contributed by atoms with Crippen LogP contribution in [0.25, 0.3) is 0 Å². The summed E-state index contributed by atoms with van der Waals surface area (Å²) in [6.45, 7) is 5.16. The maximum Gasteiger partial charge on any atom is 0.227 e. The average molecular weight is 270 g/mol. The highest BCUT2D eigenvalue weighted by Gasteiger charge is 2.07. The van der Waals surface area contributed by atoms with Crippen molar-refractivity contribution in [1.82, 2.24) is 9.97 Å². The number of nitrogens with zero attached hydrogens (tertiary/aromatic N) is 3. The SMILES string of the molecule is CCCCN(C)c1nc(C)cc(Nc2ccccc2)n1. The van der Waals surface area contributed by atoms with Crippen molar-refractivity contribution in [1.29, 1.82) is 0 Å². The molecule has 0 atom stereocenters. The van der Waals surface area contributed by atoms with E-state index >= 15 is 0 Å². The molecule has 0 unspecified atom stereocenters. The van der Waals surface area contributed by atoms with Crippen LogP contribution in [0.5, 0.6) is 0 Å². The summed E-state index contributed by atoms with van der Waals surface area (Å²) in [5.41, 5.74) is 2.00. The summed E-state index contributed by atoms with van der Waals surface area (Å²) in [7, 11) is 2.04. The normalized spacial score (nSPS) is 10.3. The largest absolute Gasteiger partial charge is 0.344 e. The molecule has 106 valence electrons. The molecule has 0 aliphatic carbocycles. The van der Waals surface area contributed by atoms with Gasteiger partial charge in [-0.15, -0.1) is 0 Å². The van der Waals surface area contributed by atoms with Crippen molar-refractivity contribution in [2.75, 3.05) is 23.8 Å². The number of aryl methyl sites for hydroxylation is 1. The zero-order valence-electron chi connectivity index (χ0n) is 12.4. The second kappa shape index (κ2) is 6.89. The molecule has 0 radical (unpaired) electrons. The van der Waals surface area contributed by atoms with Gasteiger partial charge in [-0.05, 0) is 25.5 Å². The number of aromatic nitrogens is 2. The van der Waals surface area contributed by atoms with E-state index in [4.69, 9.17) is 0 Å². The number of nitrogens with one attached hydrogen (secondary N) is 1. The van der Waals surface area contributed by atoms with Crippen molar-refractivity contribution in [3.8, 4) is 0 Å². The van der Waals surface area contributed by atoms with Crippen molar-refractivity contribution in [3.05, 3.63) is 42.1 Å². The van der Waals surface area contributed by atoms with E-state index in [2.05, 4.69) is 27.1 Å². The Morgan fingerprint density at radius 2 is 1.90 bits per heavy atom. The van der Waals surface area contributed by atoms with E-state index in [1.807, 2.05) is 50.4 Å². The molecule has 2 aromatic rings. The van der Waals surface area contributed by atoms with Gasteiger partial charge in [0, 0.05) is 31.0 Å². The lowest BCUT2D eigenvalue weighted by molar-refractivity contribution is 0.749. The Morgan fingerprint density at radius 3 is 2.60 bits per heavy atom. The Labute approximate surface area is 120 Å². The maximum atomic E-state index is 4.59. The fraction of sp³-hybridized carbons (Fsp3) is 0.375. The van der Waals surface area contributed by atoms with E-state index < -0.39 is 0 Å². The Hall–Kier alpha value is -2.10. The third-order valence-electron chi connectivity index (χ3n) is 3.08. The van der Waals surface area contributed by atoms with Gasteiger partial charge in [0.25, 0.3) is 0 Å². The Balaban J connectivity index is 2.16. The molecule has 4 nitrogen and oxygen atoms in total. The smallest absolute Gasteiger partial charge is 0.227 e. The van der Waals surface area contributed by atoms with Gasteiger partial charge >= 0.3 is 0 Å². The molecule has 0 aliphatic rings.